The Morgan fingerprint density at radius 1 is 1.08 bits per heavy atom. The van der Waals surface area contributed by atoms with Gasteiger partial charge in [0, 0.05) is 6.42 Å². The molecule has 0 saturated carbocycles. The second-order valence-electron chi connectivity index (χ2n) is 5.84. The van der Waals surface area contributed by atoms with E-state index in [0.717, 1.165) is 30.7 Å². The standard InChI is InChI=1S/C19H25NO3.ClH/c1-14(19(22)16-9-11-17(21)12-10-16)20-13-5-7-15-6-3-4-8-18(15)23-2;/h3-4,6,8-12,14,19-22H,5,7,13H2,1-2H3;1H. The van der Waals surface area contributed by atoms with E-state index in [9.17, 15) is 10.2 Å². The molecule has 5 heteroatoms. The average molecular weight is 352 g/mol. The molecule has 0 aromatic heterocycles. The highest BCUT2D eigenvalue weighted by molar-refractivity contribution is 5.33. The van der Waals surface area contributed by atoms with Crippen LogP contribution >= 0.6 is 0 Å². The van der Waals surface area contributed by atoms with Crippen molar-refractivity contribution >= 4 is 0 Å². The summed E-state index contributed by atoms with van der Waals surface area (Å²) in [5, 5.41) is 21.8. The van der Waals surface area contributed by atoms with Crippen LogP contribution in [0.2, 0.25) is 0 Å². The van der Waals surface area contributed by atoms with Crippen molar-refractivity contribution in [1.82, 2.24) is 0 Å². The monoisotopic (exact) mass is 351 g/mol. The molecule has 0 aliphatic rings. The molecule has 0 amide bonds. The van der Waals surface area contributed by atoms with Gasteiger partial charge in [-0.3, -0.25) is 0 Å². The van der Waals surface area contributed by atoms with E-state index in [-0.39, 0.29) is 24.2 Å². The molecule has 132 valence electrons. The number of phenols is 1. The number of aliphatic hydroxyl groups excluding tert-OH is 1. The number of ether oxygens (including phenoxy) is 1. The first kappa shape index (κ1) is 20.3. The topological polar surface area (TPSA) is 66.3 Å². The molecule has 0 radical (unpaired) electrons. The lowest BCUT2D eigenvalue weighted by Crippen LogP contribution is -3.00. The maximum atomic E-state index is 10.3. The van der Waals surface area contributed by atoms with Gasteiger partial charge in [-0.1, -0.05) is 30.3 Å². The lowest BCUT2D eigenvalue weighted by atomic mass is 10.0. The third-order valence-corrected chi connectivity index (χ3v) is 4.11. The molecule has 0 heterocycles. The summed E-state index contributed by atoms with van der Waals surface area (Å²) >= 11 is 0. The van der Waals surface area contributed by atoms with Crippen molar-refractivity contribution in [2.24, 2.45) is 0 Å². The zero-order chi connectivity index (χ0) is 16.7. The van der Waals surface area contributed by atoms with Gasteiger partial charge in [-0.2, -0.15) is 0 Å². The second kappa shape index (κ2) is 10.2. The Kier molecular flexibility index (Phi) is 8.61. The number of methoxy groups -OCH3 is 1. The SMILES string of the molecule is COc1ccccc1CCC[NH2+]C(C)C(O)c1ccc(O)cc1.[Cl-]. The Morgan fingerprint density at radius 3 is 2.42 bits per heavy atom. The third kappa shape index (κ3) is 5.71. The van der Waals surface area contributed by atoms with E-state index in [1.165, 1.54) is 5.56 Å². The summed E-state index contributed by atoms with van der Waals surface area (Å²) in [5.41, 5.74) is 2.05. The Balaban J connectivity index is 0.00000288. The van der Waals surface area contributed by atoms with E-state index in [4.69, 9.17) is 4.74 Å². The molecule has 0 fully saturated rings. The number of benzene rings is 2. The van der Waals surface area contributed by atoms with Crippen molar-refractivity contribution in [2.75, 3.05) is 13.7 Å². The number of aliphatic hydroxyl groups is 1. The zero-order valence-electron chi connectivity index (χ0n) is 14.2. The molecule has 2 aromatic carbocycles. The van der Waals surface area contributed by atoms with Crippen molar-refractivity contribution in [3.63, 3.8) is 0 Å². The summed E-state index contributed by atoms with van der Waals surface area (Å²) in [4.78, 5) is 0. The van der Waals surface area contributed by atoms with Crippen LogP contribution in [-0.4, -0.2) is 29.9 Å². The van der Waals surface area contributed by atoms with Gasteiger partial charge in [0.2, 0.25) is 0 Å². The van der Waals surface area contributed by atoms with Gasteiger partial charge in [0.1, 0.15) is 23.6 Å². The van der Waals surface area contributed by atoms with E-state index in [1.54, 1.807) is 31.4 Å². The lowest BCUT2D eigenvalue weighted by Gasteiger charge is -2.18. The Morgan fingerprint density at radius 2 is 1.75 bits per heavy atom. The van der Waals surface area contributed by atoms with Crippen LogP contribution in [-0.2, 0) is 6.42 Å². The minimum atomic E-state index is -0.540. The molecule has 0 bridgehead atoms. The highest BCUT2D eigenvalue weighted by Crippen LogP contribution is 2.19. The maximum absolute atomic E-state index is 10.3. The van der Waals surface area contributed by atoms with Crippen molar-refractivity contribution in [1.29, 1.82) is 0 Å². The second-order valence-corrected chi connectivity index (χ2v) is 5.84. The molecule has 4 nitrogen and oxygen atoms in total. The molecule has 2 aromatic rings. The quantitative estimate of drug-likeness (QED) is 0.536. The van der Waals surface area contributed by atoms with E-state index in [0.29, 0.717) is 0 Å². The fourth-order valence-electron chi connectivity index (χ4n) is 2.69. The molecule has 2 rings (SSSR count). The van der Waals surface area contributed by atoms with Crippen LogP contribution in [0.25, 0.3) is 0 Å². The predicted molar refractivity (Wildman–Crippen MR) is 90.6 cm³/mol. The first-order chi connectivity index (χ1) is 11.1. The van der Waals surface area contributed by atoms with E-state index >= 15 is 0 Å². The number of hydrogen-bond donors (Lipinski definition) is 3. The van der Waals surface area contributed by atoms with Crippen LogP contribution in [0.15, 0.2) is 48.5 Å². The van der Waals surface area contributed by atoms with Gasteiger partial charge in [0.15, 0.2) is 0 Å². The van der Waals surface area contributed by atoms with Gasteiger partial charge in [-0.05, 0) is 42.7 Å². The molecule has 2 atom stereocenters. The molecule has 24 heavy (non-hydrogen) atoms. The largest absolute Gasteiger partial charge is 1.00 e. The number of aryl methyl sites for hydroxylation is 1. The summed E-state index contributed by atoms with van der Waals surface area (Å²) in [6.07, 6.45) is 1.44. The molecule has 0 aliphatic carbocycles. The van der Waals surface area contributed by atoms with Crippen molar-refractivity contribution in [3.8, 4) is 11.5 Å². The summed E-state index contributed by atoms with van der Waals surface area (Å²) in [7, 11) is 1.70. The number of phenolic OH excluding ortho intramolecular Hbond substituents is 1. The van der Waals surface area contributed by atoms with Gasteiger partial charge < -0.3 is 32.7 Å². The summed E-state index contributed by atoms with van der Waals surface area (Å²) < 4.78 is 5.36. The number of hydrogen-bond acceptors (Lipinski definition) is 3. The number of quaternary nitrogens is 1. The zero-order valence-corrected chi connectivity index (χ0v) is 14.9. The highest BCUT2D eigenvalue weighted by atomic mass is 35.5. The molecule has 0 saturated heterocycles. The van der Waals surface area contributed by atoms with Crippen molar-refractivity contribution < 1.29 is 32.7 Å². The average Bonchev–Trinajstić information content (AvgIpc) is 2.59. The number of nitrogens with two attached hydrogens (primary N) is 1. The molecule has 4 N–H and O–H groups in total. The van der Waals surface area contributed by atoms with Crippen LogP contribution in [0.1, 0.15) is 30.6 Å². The highest BCUT2D eigenvalue weighted by Gasteiger charge is 2.18. The Labute approximate surface area is 149 Å². The van der Waals surface area contributed by atoms with Crippen LogP contribution in [0.4, 0.5) is 0 Å². The fourth-order valence-corrected chi connectivity index (χ4v) is 2.69. The first-order valence-electron chi connectivity index (χ1n) is 8.04. The van der Waals surface area contributed by atoms with Crippen LogP contribution in [0, 0.1) is 0 Å². The predicted octanol–water partition coefficient (Wildman–Crippen LogP) is -0.977. The van der Waals surface area contributed by atoms with E-state index < -0.39 is 6.10 Å². The van der Waals surface area contributed by atoms with Gasteiger partial charge in [0.05, 0.1) is 13.7 Å². The Hall–Kier alpha value is -1.75. The van der Waals surface area contributed by atoms with Gasteiger partial charge in [-0.15, -0.1) is 0 Å². The molecular formula is C19H26ClNO3. The third-order valence-electron chi connectivity index (χ3n) is 4.11. The number of rotatable bonds is 8. The minimum Gasteiger partial charge on any atom is -1.00 e. The van der Waals surface area contributed by atoms with Crippen LogP contribution in [0.3, 0.4) is 0 Å². The minimum absolute atomic E-state index is 0. The van der Waals surface area contributed by atoms with Gasteiger partial charge in [0.25, 0.3) is 0 Å². The number of aromatic hydroxyl groups is 1. The van der Waals surface area contributed by atoms with Crippen molar-refractivity contribution in [2.45, 2.75) is 31.9 Å². The normalized spacial score (nSPS) is 13.0. The molecule has 0 spiro atoms. The van der Waals surface area contributed by atoms with Crippen molar-refractivity contribution in [3.05, 3.63) is 59.7 Å². The Bertz CT molecular complexity index is 604. The van der Waals surface area contributed by atoms with Crippen LogP contribution in [0.5, 0.6) is 11.5 Å². The maximum Gasteiger partial charge on any atom is 0.130 e. The van der Waals surface area contributed by atoms with E-state index in [1.807, 2.05) is 25.1 Å². The molecule has 0 aliphatic heterocycles. The summed E-state index contributed by atoms with van der Waals surface area (Å²) in [5.74, 6) is 1.15. The van der Waals surface area contributed by atoms with Gasteiger partial charge >= 0.3 is 0 Å². The lowest BCUT2D eigenvalue weighted by molar-refractivity contribution is -0.694. The van der Waals surface area contributed by atoms with Gasteiger partial charge in [-0.25, -0.2) is 0 Å². The number of halogens is 1. The summed E-state index contributed by atoms with van der Waals surface area (Å²) in [6, 6.07) is 14.9. The number of para-hydroxylation sites is 1. The smallest absolute Gasteiger partial charge is 0.130 e. The first-order valence-corrected chi connectivity index (χ1v) is 8.04. The molecular weight excluding hydrogens is 326 g/mol. The molecule has 2 unspecified atom stereocenters. The van der Waals surface area contributed by atoms with E-state index in [2.05, 4.69) is 11.4 Å². The van der Waals surface area contributed by atoms with Crippen LogP contribution < -0.4 is 22.5 Å². The summed E-state index contributed by atoms with van der Waals surface area (Å²) in [6.45, 7) is 2.95. The fraction of sp³-hybridized carbons (Fsp3) is 0.368.